The third kappa shape index (κ3) is 4.88. The smallest absolute Gasteiger partial charge is 0.226 e. The van der Waals surface area contributed by atoms with Crippen LogP contribution in [0, 0.1) is 5.92 Å². The molecule has 0 bridgehead atoms. The number of rotatable bonds is 7. The molecule has 2 atom stereocenters. The van der Waals surface area contributed by atoms with Gasteiger partial charge in [-0.2, -0.15) is 0 Å². The minimum atomic E-state index is -0.0593. The Hall–Kier alpha value is -1.72. The van der Waals surface area contributed by atoms with E-state index in [4.69, 9.17) is 5.11 Å². The summed E-state index contributed by atoms with van der Waals surface area (Å²) >= 11 is 1.56. The molecule has 0 aliphatic heterocycles. The van der Waals surface area contributed by atoms with Crippen molar-refractivity contribution in [2.75, 3.05) is 6.61 Å². The number of nitrogens with one attached hydrogen (secondary N) is 1. The number of hydrogen-bond acceptors (Lipinski definition) is 4. The molecule has 0 aliphatic carbocycles. The largest absolute Gasteiger partial charge is 0.396 e. The van der Waals surface area contributed by atoms with Gasteiger partial charge in [0.1, 0.15) is 5.01 Å². The number of aliphatic hydroxyl groups excluding tert-OH is 1. The molecule has 5 heteroatoms. The Bertz CT molecular complexity index is 637. The molecule has 1 amide bonds. The average molecular weight is 332 g/mol. The van der Waals surface area contributed by atoms with E-state index in [1.165, 1.54) is 5.56 Å². The maximum atomic E-state index is 12.0. The molecule has 0 fully saturated rings. The number of carbonyl (C=O) groups excluding carboxylic acids is 1. The highest BCUT2D eigenvalue weighted by atomic mass is 32.1. The molecule has 1 heterocycles. The van der Waals surface area contributed by atoms with Gasteiger partial charge in [0.05, 0.1) is 12.1 Å². The predicted octanol–water partition coefficient (Wildman–Crippen LogP) is 3.05. The second kappa shape index (κ2) is 8.22. The number of aryl methyl sites for hydroxylation is 1. The van der Waals surface area contributed by atoms with Crippen LogP contribution < -0.4 is 5.32 Å². The molecule has 1 aromatic carbocycles. The van der Waals surface area contributed by atoms with Crippen LogP contribution in [0.5, 0.6) is 0 Å². The summed E-state index contributed by atoms with van der Waals surface area (Å²) < 4.78 is 0. The van der Waals surface area contributed by atoms with Gasteiger partial charge in [0, 0.05) is 23.6 Å². The van der Waals surface area contributed by atoms with Gasteiger partial charge in [0.15, 0.2) is 0 Å². The zero-order valence-corrected chi connectivity index (χ0v) is 14.7. The van der Waals surface area contributed by atoms with Gasteiger partial charge in [0.2, 0.25) is 5.91 Å². The lowest BCUT2D eigenvalue weighted by Gasteiger charge is -2.18. The highest BCUT2D eigenvalue weighted by Gasteiger charge is 2.15. The molecule has 2 aromatic rings. The summed E-state index contributed by atoms with van der Waals surface area (Å²) in [5.74, 6) is -0.0157. The monoisotopic (exact) mass is 332 g/mol. The van der Waals surface area contributed by atoms with E-state index in [0.717, 1.165) is 22.7 Å². The second-order valence-corrected chi connectivity index (χ2v) is 6.75. The van der Waals surface area contributed by atoms with Gasteiger partial charge in [-0.25, -0.2) is 4.98 Å². The number of aromatic nitrogens is 1. The summed E-state index contributed by atoms with van der Waals surface area (Å²) in [6, 6.07) is 8.33. The summed E-state index contributed by atoms with van der Waals surface area (Å²) in [7, 11) is 0. The Morgan fingerprint density at radius 2 is 2.00 bits per heavy atom. The van der Waals surface area contributed by atoms with Gasteiger partial charge in [-0.1, -0.05) is 38.1 Å². The fourth-order valence-electron chi connectivity index (χ4n) is 2.17. The molecule has 4 nitrogen and oxygen atoms in total. The van der Waals surface area contributed by atoms with Crippen molar-refractivity contribution in [2.45, 2.75) is 39.7 Å². The van der Waals surface area contributed by atoms with Gasteiger partial charge >= 0.3 is 0 Å². The van der Waals surface area contributed by atoms with Crippen molar-refractivity contribution in [3.63, 3.8) is 0 Å². The maximum Gasteiger partial charge on any atom is 0.226 e. The van der Waals surface area contributed by atoms with Crippen molar-refractivity contribution >= 4 is 17.2 Å². The summed E-state index contributed by atoms with van der Waals surface area (Å²) in [5.41, 5.74) is 3.17. The van der Waals surface area contributed by atoms with Crippen LogP contribution in [0.1, 0.15) is 32.0 Å². The van der Waals surface area contributed by atoms with Gasteiger partial charge < -0.3 is 10.4 Å². The van der Waals surface area contributed by atoms with Crippen LogP contribution >= 0.6 is 11.3 Å². The quantitative estimate of drug-likeness (QED) is 0.819. The molecule has 0 radical (unpaired) electrons. The van der Waals surface area contributed by atoms with E-state index in [1.807, 2.05) is 19.2 Å². The number of carbonyl (C=O) groups is 1. The number of aliphatic hydroxyl groups is 1. The van der Waals surface area contributed by atoms with Crippen LogP contribution in [0.15, 0.2) is 29.6 Å². The van der Waals surface area contributed by atoms with Crippen LogP contribution in [0.2, 0.25) is 0 Å². The SMILES string of the molecule is CCc1ccc(-c2nc(CC(=O)NC(C)C(C)CO)cs2)cc1. The lowest BCUT2D eigenvalue weighted by atomic mass is 10.1. The minimum Gasteiger partial charge on any atom is -0.396 e. The Labute approximate surface area is 141 Å². The molecule has 1 aromatic heterocycles. The van der Waals surface area contributed by atoms with E-state index in [-0.39, 0.29) is 30.9 Å². The Morgan fingerprint density at radius 3 is 2.61 bits per heavy atom. The minimum absolute atomic E-state index is 0.0435. The molecule has 2 N–H and O–H groups in total. The maximum absolute atomic E-state index is 12.0. The van der Waals surface area contributed by atoms with Crippen LogP contribution in [0.3, 0.4) is 0 Å². The molecular formula is C18H24N2O2S. The van der Waals surface area contributed by atoms with Crippen molar-refractivity contribution in [2.24, 2.45) is 5.92 Å². The first-order valence-corrected chi connectivity index (χ1v) is 8.85. The fraction of sp³-hybridized carbons (Fsp3) is 0.444. The normalized spacial score (nSPS) is 13.6. The zero-order valence-electron chi connectivity index (χ0n) is 13.9. The molecule has 23 heavy (non-hydrogen) atoms. The Balaban J connectivity index is 1.97. The molecule has 2 rings (SSSR count). The third-order valence-electron chi connectivity index (χ3n) is 4.03. The van der Waals surface area contributed by atoms with E-state index in [9.17, 15) is 4.79 Å². The number of thiazole rings is 1. The number of amides is 1. The summed E-state index contributed by atoms with van der Waals surface area (Å²) in [5, 5.41) is 14.9. The number of hydrogen-bond donors (Lipinski definition) is 2. The van der Waals surface area contributed by atoms with E-state index in [2.05, 4.69) is 41.5 Å². The highest BCUT2D eigenvalue weighted by Crippen LogP contribution is 2.24. The van der Waals surface area contributed by atoms with Gasteiger partial charge in [-0.15, -0.1) is 11.3 Å². The predicted molar refractivity (Wildman–Crippen MR) is 94.5 cm³/mol. The standard InChI is InChI=1S/C18H24N2O2S/c1-4-14-5-7-15(8-6-14)18-20-16(11-23-18)9-17(22)19-13(3)12(2)10-21/h5-8,11-13,21H,4,9-10H2,1-3H3,(H,19,22). The summed E-state index contributed by atoms with van der Waals surface area (Å²) in [6.45, 7) is 6.01. The van der Waals surface area contributed by atoms with Gasteiger partial charge in [-0.05, 0) is 24.8 Å². The molecule has 0 saturated carbocycles. The first-order valence-electron chi connectivity index (χ1n) is 7.97. The van der Waals surface area contributed by atoms with Crippen molar-refractivity contribution < 1.29 is 9.90 Å². The van der Waals surface area contributed by atoms with Gasteiger partial charge in [-0.3, -0.25) is 4.79 Å². The summed E-state index contributed by atoms with van der Waals surface area (Å²) in [4.78, 5) is 16.6. The van der Waals surface area contributed by atoms with Crippen LogP contribution in [-0.2, 0) is 17.6 Å². The fourth-order valence-corrected chi connectivity index (χ4v) is 3.00. The van der Waals surface area contributed by atoms with Crippen LogP contribution in [-0.4, -0.2) is 28.6 Å². The number of nitrogens with zero attached hydrogens (tertiary/aromatic N) is 1. The Kier molecular flexibility index (Phi) is 6.30. The first-order chi connectivity index (χ1) is 11.0. The molecule has 0 saturated heterocycles. The lowest BCUT2D eigenvalue weighted by Crippen LogP contribution is -2.39. The first kappa shape index (κ1) is 17.6. The zero-order chi connectivity index (χ0) is 16.8. The highest BCUT2D eigenvalue weighted by molar-refractivity contribution is 7.13. The Morgan fingerprint density at radius 1 is 1.30 bits per heavy atom. The van der Waals surface area contributed by atoms with Gasteiger partial charge in [0.25, 0.3) is 0 Å². The van der Waals surface area contributed by atoms with Crippen LogP contribution in [0.25, 0.3) is 10.6 Å². The molecule has 2 unspecified atom stereocenters. The van der Waals surface area contributed by atoms with Crippen molar-refractivity contribution in [3.05, 3.63) is 40.9 Å². The topological polar surface area (TPSA) is 62.2 Å². The third-order valence-corrected chi connectivity index (χ3v) is 4.97. The second-order valence-electron chi connectivity index (χ2n) is 5.89. The van der Waals surface area contributed by atoms with Crippen molar-refractivity contribution in [1.29, 1.82) is 0 Å². The van der Waals surface area contributed by atoms with E-state index in [1.54, 1.807) is 11.3 Å². The molecular weight excluding hydrogens is 308 g/mol. The van der Waals surface area contributed by atoms with E-state index < -0.39 is 0 Å². The average Bonchev–Trinajstić information content (AvgIpc) is 3.02. The van der Waals surface area contributed by atoms with Crippen molar-refractivity contribution in [1.82, 2.24) is 10.3 Å². The molecule has 124 valence electrons. The summed E-state index contributed by atoms with van der Waals surface area (Å²) in [6.07, 6.45) is 1.29. The number of benzene rings is 1. The van der Waals surface area contributed by atoms with Crippen molar-refractivity contribution in [3.8, 4) is 10.6 Å². The van der Waals surface area contributed by atoms with E-state index in [0.29, 0.717) is 0 Å². The van der Waals surface area contributed by atoms with Crippen LogP contribution in [0.4, 0.5) is 0 Å². The van der Waals surface area contributed by atoms with E-state index >= 15 is 0 Å². The lowest BCUT2D eigenvalue weighted by molar-refractivity contribution is -0.121. The molecule has 0 spiro atoms. The molecule has 0 aliphatic rings.